The minimum absolute atomic E-state index is 0.148. The summed E-state index contributed by atoms with van der Waals surface area (Å²) in [6.45, 7) is 0. The van der Waals surface area contributed by atoms with E-state index in [9.17, 15) is 8.42 Å². The Bertz CT molecular complexity index is 1110. The quantitative estimate of drug-likeness (QED) is 0.610. The molecule has 0 saturated heterocycles. The molecule has 0 fully saturated rings. The molecule has 5 nitrogen and oxygen atoms in total. The van der Waals surface area contributed by atoms with Crippen LogP contribution in [0.4, 0.5) is 5.69 Å². The van der Waals surface area contributed by atoms with Gasteiger partial charge in [-0.3, -0.25) is 4.72 Å². The average molecular weight is 410 g/mol. The third-order valence-corrected chi connectivity index (χ3v) is 6.41. The van der Waals surface area contributed by atoms with Crippen LogP contribution in [0.1, 0.15) is 24.0 Å². The van der Waals surface area contributed by atoms with Crippen LogP contribution in [0.5, 0.6) is 17.2 Å². The Kier molecular flexibility index (Phi) is 5.45. The molecular formula is C23H23NO4S. The maximum absolute atomic E-state index is 13.2. The Morgan fingerprint density at radius 3 is 2.21 bits per heavy atom. The number of benzene rings is 3. The molecule has 0 radical (unpaired) electrons. The van der Waals surface area contributed by atoms with Crippen molar-refractivity contribution in [1.29, 1.82) is 0 Å². The molecule has 1 aliphatic carbocycles. The monoisotopic (exact) mass is 409 g/mol. The molecule has 0 heterocycles. The van der Waals surface area contributed by atoms with Gasteiger partial charge in [0, 0.05) is 0 Å². The summed E-state index contributed by atoms with van der Waals surface area (Å²) in [5, 5.41) is 0. The summed E-state index contributed by atoms with van der Waals surface area (Å²) in [5.74, 6) is 1.42. The van der Waals surface area contributed by atoms with Gasteiger partial charge in [0.2, 0.25) is 0 Å². The highest BCUT2D eigenvalue weighted by Crippen LogP contribution is 2.35. The van der Waals surface area contributed by atoms with E-state index in [1.807, 2.05) is 36.4 Å². The summed E-state index contributed by atoms with van der Waals surface area (Å²) in [6.07, 6.45) is 4.02. The number of aryl methyl sites for hydroxylation is 2. The third-order valence-electron chi connectivity index (χ3n) is 5.02. The number of hydrogen-bond acceptors (Lipinski definition) is 4. The molecule has 0 aromatic heterocycles. The smallest absolute Gasteiger partial charge is 0.265 e. The molecule has 1 aliphatic rings. The van der Waals surface area contributed by atoms with Gasteiger partial charge in [-0.05, 0) is 73.2 Å². The van der Waals surface area contributed by atoms with E-state index in [4.69, 9.17) is 9.47 Å². The molecule has 3 aromatic rings. The Labute approximate surface area is 171 Å². The zero-order chi connectivity index (χ0) is 20.3. The number of methoxy groups -OCH3 is 1. The fourth-order valence-corrected chi connectivity index (χ4v) is 4.84. The van der Waals surface area contributed by atoms with Gasteiger partial charge >= 0.3 is 0 Å². The number of ether oxygens (including phenoxy) is 2. The minimum Gasteiger partial charge on any atom is -0.495 e. The second-order valence-corrected chi connectivity index (χ2v) is 8.65. The minimum atomic E-state index is -3.86. The fraction of sp³-hybridized carbons (Fsp3) is 0.217. The van der Waals surface area contributed by atoms with Gasteiger partial charge in [-0.2, -0.15) is 0 Å². The van der Waals surface area contributed by atoms with Crippen LogP contribution in [0.2, 0.25) is 0 Å². The predicted molar refractivity (Wildman–Crippen MR) is 113 cm³/mol. The van der Waals surface area contributed by atoms with Crippen LogP contribution in [-0.4, -0.2) is 15.5 Å². The first kappa shape index (κ1) is 19.3. The lowest BCUT2D eigenvalue weighted by Crippen LogP contribution is -2.16. The molecule has 0 amide bonds. The van der Waals surface area contributed by atoms with Crippen LogP contribution in [0.3, 0.4) is 0 Å². The maximum Gasteiger partial charge on any atom is 0.265 e. The summed E-state index contributed by atoms with van der Waals surface area (Å²) in [7, 11) is -2.36. The van der Waals surface area contributed by atoms with Crippen LogP contribution >= 0.6 is 0 Å². The number of para-hydroxylation sites is 3. The summed E-state index contributed by atoms with van der Waals surface area (Å²) in [4.78, 5) is 0.148. The predicted octanol–water partition coefficient (Wildman–Crippen LogP) is 5.17. The van der Waals surface area contributed by atoms with Crippen molar-refractivity contribution in [3.63, 3.8) is 0 Å². The normalized spacial score (nSPS) is 13.4. The summed E-state index contributed by atoms with van der Waals surface area (Å²) in [6, 6.07) is 19.8. The maximum atomic E-state index is 13.2. The van der Waals surface area contributed by atoms with Crippen molar-refractivity contribution in [2.45, 2.75) is 30.6 Å². The fourth-order valence-electron chi connectivity index (χ4n) is 3.57. The second-order valence-electron chi connectivity index (χ2n) is 7.00. The van der Waals surface area contributed by atoms with E-state index in [0.29, 0.717) is 22.9 Å². The van der Waals surface area contributed by atoms with Crippen molar-refractivity contribution >= 4 is 15.7 Å². The van der Waals surface area contributed by atoms with E-state index in [1.165, 1.54) is 12.7 Å². The second kappa shape index (κ2) is 8.17. The first-order valence-corrected chi connectivity index (χ1v) is 11.1. The lowest BCUT2D eigenvalue weighted by Gasteiger charge is -2.20. The Morgan fingerprint density at radius 2 is 1.48 bits per heavy atom. The van der Waals surface area contributed by atoms with Crippen molar-refractivity contribution < 1.29 is 17.9 Å². The van der Waals surface area contributed by atoms with Crippen LogP contribution < -0.4 is 14.2 Å². The SMILES string of the molecule is COc1cc2c(cc1S(=O)(=O)Nc1ccccc1Oc1ccccc1)CCCC2. The van der Waals surface area contributed by atoms with Crippen LogP contribution in [0, 0.1) is 0 Å². The highest BCUT2D eigenvalue weighted by molar-refractivity contribution is 7.92. The van der Waals surface area contributed by atoms with Crippen molar-refractivity contribution in [2.24, 2.45) is 0 Å². The van der Waals surface area contributed by atoms with Crippen molar-refractivity contribution in [2.75, 3.05) is 11.8 Å². The summed E-state index contributed by atoms with van der Waals surface area (Å²) >= 11 is 0. The molecule has 4 rings (SSSR count). The van der Waals surface area contributed by atoms with Gasteiger partial charge in [-0.15, -0.1) is 0 Å². The average Bonchev–Trinajstić information content (AvgIpc) is 2.74. The highest BCUT2D eigenvalue weighted by Gasteiger charge is 2.24. The van der Waals surface area contributed by atoms with E-state index < -0.39 is 10.0 Å². The van der Waals surface area contributed by atoms with Gasteiger partial charge in [0.1, 0.15) is 16.4 Å². The highest BCUT2D eigenvalue weighted by atomic mass is 32.2. The molecule has 0 spiro atoms. The van der Waals surface area contributed by atoms with Gasteiger partial charge in [0.05, 0.1) is 12.8 Å². The molecule has 29 heavy (non-hydrogen) atoms. The van der Waals surface area contributed by atoms with Gasteiger partial charge in [-0.25, -0.2) is 8.42 Å². The first-order chi connectivity index (χ1) is 14.1. The van der Waals surface area contributed by atoms with E-state index in [1.54, 1.807) is 30.3 Å². The number of fused-ring (bicyclic) bond motifs is 1. The zero-order valence-corrected chi connectivity index (χ0v) is 17.0. The molecule has 1 N–H and O–H groups in total. The molecule has 0 atom stereocenters. The van der Waals surface area contributed by atoms with Crippen molar-refractivity contribution in [3.05, 3.63) is 77.9 Å². The largest absolute Gasteiger partial charge is 0.495 e. The molecule has 0 aliphatic heterocycles. The molecule has 0 saturated carbocycles. The summed E-state index contributed by atoms with van der Waals surface area (Å²) in [5.41, 5.74) is 2.61. The Balaban J connectivity index is 1.68. The molecule has 0 bridgehead atoms. The van der Waals surface area contributed by atoms with E-state index >= 15 is 0 Å². The number of sulfonamides is 1. The Hall–Kier alpha value is -2.99. The number of nitrogens with one attached hydrogen (secondary N) is 1. The molecule has 0 unspecified atom stereocenters. The lowest BCUT2D eigenvalue weighted by molar-refractivity contribution is 0.401. The molecular weight excluding hydrogens is 386 g/mol. The molecule has 6 heteroatoms. The number of rotatable bonds is 6. The van der Waals surface area contributed by atoms with Crippen LogP contribution in [0.15, 0.2) is 71.6 Å². The number of hydrogen-bond donors (Lipinski definition) is 1. The first-order valence-electron chi connectivity index (χ1n) is 9.61. The Morgan fingerprint density at radius 1 is 0.828 bits per heavy atom. The number of anilines is 1. The van der Waals surface area contributed by atoms with E-state index in [-0.39, 0.29) is 4.90 Å². The van der Waals surface area contributed by atoms with Crippen molar-refractivity contribution in [1.82, 2.24) is 0 Å². The van der Waals surface area contributed by atoms with Gasteiger partial charge in [-0.1, -0.05) is 30.3 Å². The van der Waals surface area contributed by atoms with Crippen LogP contribution in [-0.2, 0) is 22.9 Å². The molecule has 150 valence electrons. The van der Waals surface area contributed by atoms with Crippen molar-refractivity contribution in [3.8, 4) is 17.2 Å². The van der Waals surface area contributed by atoms with Gasteiger partial charge in [0.15, 0.2) is 5.75 Å². The summed E-state index contributed by atoms with van der Waals surface area (Å²) < 4.78 is 40.4. The standard InChI is InChI=1S/C23H23NO4S/c1-27-22-15-17-9-5-6-10-18(17)16-23(22)29(25,26)24-20-13-7-8-14-21(20)28-19-11-3-2-4-12-19/h2-4,7-8,11-16,24H,5-6,9-10H2,1H3. The topological polar surface area (TPSA) is 64.6 Å². The third kappa shape index (κ3) is 4.22. The van der Waals surface area contributed by atoms with E-state index in [2.05, 4.69) is 4.72 Å². The molecule has 3 aromatic carbocycles. The lowest BCUT2D eigenvalue weighted by atomic mass is 9.92. The van der Waals surface area contributed by atoms with Gasteiger partial charge in [0.25, 0.3) is 10.0 Å². The van der Waals surface area contributed by atoms with Crippen LogP contribution in [0.25, 0.3) is 0 Å². The van der Waals surface area contributed by atoms with E-state index in [0.717, 1.165) is 31.2 Å². The van der Waals surface area contributed by atoms with Gasteiger partial charge < -0.3 is 9.47 Å². The zero-order valence-electron chi connectivity index (χ0n) is 16.2.